The maximum Gasteiger partial charge on any atom is 0.264 e. The summed E-state index contributed by atoms with van der Waals surface area (Å²) in [6, 6.07) is 24.2. The summed E-state index contributed by atoms with van der Waals surface area (Å²) < 4.78 is 1.77. The van der Waals surface area contributed by atoms with Crippen molar-refractivity contribution < 1.29 is 0 Å². The van der Waals surface area contributed by atoms with Gasteiger partial charge in [-0.25, -0.2) is 4.98 Å². The van der Waals surface area contributed by atoms with Crippen molar-refractivity contribution in [3.05, 3.63) is 83.2 Å². The first-order valence-corrected chi connectivity index (χ1v) is 10.3. The van der Waals surface area contributed by atoms with Gasteiger partial charge in [-0.2, -0.15) is 0 Å². The molecule has 4 aromatic carbocycles. The van der Waals surface area contributed by atoms with Gasteiger partial charge in [0.2, 0.25) is 0 Å². The van der Waals surface area contributed by atoms with Gasteiger partial charge in [-0.15, -0.1) is 0 Å². The molecule has 0 saturated heterocycles. The van der Waals surface area contributed by atoms with Crippen LogP contribution in [-0.4, -0.2) is 9.38 Å². The van der Waals surface area contributed by atoms with E-state index in [1.807, 2.05) is 82.3 Å². The molecule has 6 aromatic rings. The number of fused-ring (bicyclic) bond motifs is 3. The largest absolute Gasteiger partial charge is 0.268 e. The van der Waals surface area contributed by atoms with Crippen molar-refractivity contribution in [1.82, 2.24) is 9.38 Å². The van der Waals surface area contributed by atoms with E-state index in [0.717, 1.165) is 49.0 Å². The Labute approximate surface area is 169 Å². The van der Waals surface area contributed by atoms with E-state index >= 15 is 0 Å². The smallest absolute Gasteiger partial charge is 0.264 e. The average molecular weight is 380 g/mol. The maximum absolute atomic E-state index is 13.3. The first kappa shape index (κ1) is 18.9. The Kier molecular flexibility index (Phi) is 4.89. The highest BCUT2D eigenvalue weighted by Crippen LogP contribution is 2.31. The normalized spacial score (nSPS) is 10.9. The van der Waals surface area contributed by atoms with Gasteiger partial charge in [0.15, 0.2) is 0 Å². The SMILES string of the molecule is CC.CC.O=c1c2cccc3cccc(c32)c2nc3cccc4cccc(c43)n12. The Hall–Kier alpha value is -3.46. The molecule has 0 radical (unpaired) electrons. The number of nitrogens with zero attached hydrogens (tertiary/aromatic N) is 2. The predicted octanol–water partition coefficient (Wildman–Crippen LogP) is 6.80. The standard InChI is InChI=1S/C22H12N2O.2C2H6/c25-22-16-10-2-6-13-5-1-9-15(19(13)16)21-23-17-11-3-7-14-8-4-12-18(20(14)17)24(21)22;2*1-2/h1-12H;2*1-2H3. The fourth-order valence-electron chi connectivity index (χ4n) is 4.07. The monoisotopic (exact) mass is 380 g/mol. The first-order chi connectivity index (χ1) is 14.3. The minimum atomic E-state index is -0.00921. The molecule has 2 heterocycles. The maximum atomic E-state index is 13.3. The third-order valence-electron chi connectivity index (χ3n) is 5.12. The summed E-state index contributed by atoms with van der Waals surface area (Å²) in [7, 11) is 0. The summed E-state index contributed by atoms with van der Waals surface area (Å²) in [5.41, 5.74) is 2.55. The molecule has 0 aliphatic carbocycles. The molecule has 0 amide bonds. The quantitative estimate of drug-likeness (QED) is 0.215. The fraction of sp³-hybridized carbons (Fsp3) is 0.154. The predicted molar refractivity (Wildman–Crippen MR) is 125 cm³/mol. The molecule has 0 spiro atoms. The van der Waals surface area contributed by atoms with Crippen LogP contribution in [-0.2, 0) is 0 Å². The molecule has 0 aliphatic heterocycles. The van der Waals surface area contributed by atoms with Crippen molar-refractivity contribution >= 4 is 49.0 Å². The summed E-state index contributed by atoms with van der Waals surface area (Å²) in [4.78, 5) is 18.2. The van der Waals surface area contributed by atoms with Crippen LogP contribution in [0.3, 0.4) is 0 Å². The summed E-state index contributed by atoms with van der Waals surface area (Å²) in [5, 5.41) is 5.96. The van der Waals surface area contributed by atoms with Gasteiger partial charge in [0.1, 0.15) is 5.65 Å². The highest BCUT2D eigenvalue weighted by atomic mass is 16.1. The van der Waals surface area contributed by atoms with Crippen LogP contribution >= 0.6 is 0 Å². The van der Waals surface area contributed by atoms with Crippen molar-refractivity contribution in [2.75, 3.05) is 0 Å². The lowest BCUT2D eigenvalue weighted by molar-refractivity contribution is 1.15. The van der Waals surface area contributed by atoms with Gasteiger partial charge in [0, 0.05) is 21.5 Å². The van der Waals surface area contributed by atoms with Crippen molar-refractivity contribution in [3.63, 3.8) is 0 Å². The molecule has 29 heavy (non-hydrogen) atoms. The number of rotatable bonds is 0. The number of hydrogen-bond acceptors (Lipinski definition) is 2. The van der Waals surface area contributed by atoms with Crippen molar-refractivity contribution in [3.8, 4) is 0 Å². The van der Waals surface area contributed by atoms with Gasteiger partial charge in [0.05, 0.1) is 11.0 Å². The van der Waals surface area contributed by atoms with Gasteiger partial charge in [0.25, 0.3) is 5.56 Å². The van der Waals surface area contributed by atoms with Crippen molar-refractivity contribution in [2.45, 2.75) is 27.7 Å². The van der Waals surface area contributed by atoms with E-state index in [0.29, 0.717) is 0 Å². The second-order valence-corrected chi connectivity index (χ2v) is 6.44. The zero-order chi connectivity index (χ0) is 20.5. The van der Waals surface area contributed by atoms with Crippen molar-refractivity contribution in [1.29, 1.82) is 0 Å². The molecule has 0 N–H and O–H groups in total. The van der Waals surface area contributed by atoms with Crippen LogP contribution in [0.4, 0.5) is 0 Å². The average Bonchev–Trinajstić information content (AvgIpc) is 2.80. The number of aromatic nitrogens is 2. The molecule has 0 atom stereocenters. The third kappa shape index (κ3) is 2.65. The molecule has 3 nitrogen and oxygen atoms in total. The van der Waals surface area contributed by atoms with Crippen LogP contribution < -0.4 is 5.56 Å². The summed E-state index contributed by atoms with van der Waals surface area (Å²) in [5.74, 6) is 0. The number of hydrogen-bond donors (Lipinski definition) is 0. The molecule has 0 fully saturated rings. The summed E-state index contributed by atoms with van der Waals surface area (Å²) in [6.07, 6.45) is 0. The molecule has 2 aromatic heterocycles. The highest BCUT2D eigenvalue weighted by Gasteiger charge is 2.15. The van der Waals surface area contributed by atoms with E-state index < -0.39 is 0 Å². The molecular weight excluding hydrogens is 356 g/mol. The van der Waals surface area contributed by atoms with Gasteiger partial charge >= 0.3 is 0 Å². The molecular formula is C26H24N2O. The lowest BCUT2D eigenvalue weighted by Gasteiger charge is -2.13. The summed E-state index contributed by atoms with van der Waals surface area (Å²) in [6.45, 7) is 8.00. The molecule has 6 rings (SSSR count). The summed E-state index contributed by atoms with van der Waals surface area (Å²) >= 11 is 0. The van der Waals surface area contributed by atoms with E-state index in [9.17, 15) is 4.79 Å². The Bertz CT molecular complexity index is 1500. The molecule has 0 saturated carbocycles. The van der Waals surface area contributed by atoms with Crippen LogP contribution in [0.1, 0.15) is 27.7 Å². The molecule has 0 bridgehead atoms. The second kappa shape index (κ2) is 7.51. The Morgan fingerprint density at radius 2 is 1.21 bits per heavy atom. The zero-order valence-electron chi connectivity index (χ0n) is 17.2. The highest BCUT2D eigenvalue weighted by molar-refractivity contribution is 6.16. The van der Waals surface area contributed by atoms with Crippen LogP contribution in [0.25, 0.3) is 49.0 Å². The third-order valence-corrected chi connectivity index (χ3v) is 5.12. The van der Waals surface area contributed by atoms with E-state index in [1.54, 1.807) is 4.40 Å². The van der Waals surface area contributed by atoms with Gasteiger partial charge in [-0.3, -0.25) is 9.20 Å². The lowest BCUT2D eigenvalue weighted by Crippen LogP contribution is -2.16. The molecule has 144 valence electrons. The van der Waals surface area contributed by atoms with Gasteiger partial charge in [-0.1, -0.05) is 82.3 Å². The number of benzene rings is 4. The van der Waals surface area contributed by atoms with Crippen LogP contribution in [0.15, 0.2) is 77.6 Å². The van der Waals surface area contributed by atoms with Crippen LogP contribution in [0, 0.1) is 0 Å². The van der Waals surface area contributed by atoms with E-state index in [-0.39, 0.29) is 5.56 Å². The fourth-order valence-corrected chi connectivity index (χ4v) is 4.07. The Balaban J connectivity index is 0.000000485. The van der Waals surface area contributed by atoms with E-state index in [2.05, 4.69) is 18.2 Å². The minimum absolute atomic E-state index is 0.00921. The van der Waals surface area contributed by atoms with Gasteiger partial charge in [-0.05, 0) is 29.0 Å². The molecule has 0 aliphatic rings. The second-order valence-electron chi connectivity index (χ2n) is 6.44. The molecule has 3 heteroatoms. The van der Waals surface area contributed by atoms with E-state index in [1.165, 1.54) is 0 Å². The van der Waals surface area contributed by atoms with Crippen molar-refractivity contribution in [2.24, 2.45) is 0 Å². The van der Waals surface area contributed by atoms with E-state index in [4.69, 9.17) is 4.98 Å². The topological polar surface area (TPSA) is 34.4 Å². The number of pyridine rings is 1. The minimum Gasteiger partial charge on any atom is -0.268 e. The lowest BCUT2D eigenvalue weighted by atomic mass is 10.0. The van der Waals surface area contributed by atoms with Gasteiger partial charge < -0.3 is 0 Å². The van der Waals surface area contributed by atoms with Crippen LogP contribution in [0.5, 0.6) is 0 Å². The zero-order valence-corrected chi connectivity index (χ0v) is 17.2. The first-order valence-electron chi connectivity index (χ1n) is 10.3. The molecule has 0 unspecified atom stereocenters. The van der Waals surface area contributed by atoms with Crippen LogP contribution in [0.2, 0.25) is 0 Å². The Morgan fingerprint density at radius 1 is 0.655 bits per heavy atom. The Morgan fingerprint density at radius 3 is 1.90 bits per heavy atom.